The summed E-state index contributed by atoms with van der Waals surface area (Å²) >= 11 is 6.09. The number of alkyl halides is 3. The van der Waals surface area contributed by atoms with Gasteiger partial charge in [-0.15, -0.1) is 0 Å². The molecule has 0 bridgehead atoms. The van der Waals surface area contributed by atoms with Gasteiger partial charge in [-0.1, -0.05) is 54.1 Å². The number of nitrogens with zero attached hydrogens (tertiary/aromatic N) is 1. The quantitative estimate of drug-likeness (QED) is 0.328. The Labute approximate surface area is 227 Å². The molecule has 0 unspecified atom stereocenters. The van der Waals surface area contributed by atoms with E-state index in [1.165, 1.54) is 22.8 Å². The molecule has 7 nitrogen and oxygen atoms in total. The molecule has 0 aliphatic carbocycles. The maximum Gasteiger partial charge on any atom is 0.490 e. The molecule has 11 heteroatoms. The van der Waals surface area contributed by atoms with E-state index in [4.69, 9.17) is 21.5 Å². The number of rotatable bonds is 5. The van der Waals surface area contributed by atoms with E-state index in [9.17, 15) is 27.9 Å². The number of anilines is 2. The minimum Gasteiger partial charge on any atom is -0.478 e. The van der Waals surface area contributed by atoms with Crippen LogP contribution in [0.25, 0.3) is 5.57 Å². The SMILES string of the molecule is Cc1ccccc1C1=CCN(c2ccc(NC(=O)c3ccccc3Cl)cc2C(=O)O)CC1.O=C(O)C(F)(F)F. The maximum atomic E-state index is 12.5. The van der Waals surface area contributed by atoms with E-state index in [2.05, 4.69) is 30.4 Å². The molecule has 0 atom stereocenters. The van der Waals surface area contributed by atoms with E-state index in [-0.39, 0.29) is 11.5 Å². The van der Waals surface area contributed by atoms with Gasteiger partial charge in [-0.3, -0.25) is 4.79 Å². The van der Waals surface area contributed by atoms with Crippen LogP contribution in [-0.2, 0) is 4.79 Å². The predicted octanol–water partition coefficient (Wildman–Crippen LogP) is 6.53. The summed E-state index contributed by atoms with van der Waals surface area (Å²) in [4.78, 5) is 35.5. The van der Waals surface area contributed by atoms with E-state index in [1.54, 1.807) is 36.4 Å². The number of carboxylic acids is 2. The van der Waals surface area contributed by atoms with Gasteiger partial charge in [0.1, 0.15) is 0 Å². The first kappa shape index (κ1) is 29.2. The van der Waals surface area contributed by atoms with E-state index in [1.807, 2.05) is 17.0 Å². The largest absolute Gasteiger partial charge is 0.490 e. The normalized spacial score (nSPS) is 13.1. The zero-order valence-corrected chi connectivity index (χ0v) is 21.4. The van der Waals surface area contributed by atoms with Gasteiger partial charge in [-0.2, -0.15) is 13.2 Å². The first-order chi connectivity index (χ1) is 18.4. The van der Waals surface area contributed by atoms with Crippen molar-refractivity contribution in [1.82, 2.24) is 0 Å². The lowest BCUT2D eigenvalue weighted by Gasteiger charge is -2.30. The van der Waals surface area contributed by atoms with Gasteiger partial charge in [-0.05, 0) is 60.4 Å². The van der Waals surface area contributed by atoms with E-state index >= 15 is 0 Å². The molecule has 1 aliphatic rings. The molecule has 0 aromatic heterocycles. The van der Waals surface area contributed by atoms with Crippen LogP contribution in [0.4, 0.5) is 24.5 Å². The van der Waals surface area contributed by atoms with Crippen molar-refractivity contribution in [3.63, 3.8) is 0 Å². The van der Waals surface area contributed by atoms with Crippen molar-refractivity contribution in [1.29, 1.82) is 0 Å². The van der Waals surface area contributed by atoms with E-state index in [0.29, 0.717) is 35.1 Å². The third-order valence-corrected chi connectivity index (χ3v) is 6.22. The first-order valence-electron chi connectivity index (χ1n) is 11.6. The number of carbonyl (C=O) groups excluding carboxylic acids is 1. The summed E-state index contributed by atoms with van der Waals surface area (Å²) in [6.07, 6.45) is -2.10. The molecule has 1 amide bonds. The fraction of sp³-hybridized carbons (Fsp3) is 0.179. The minimum atomic E-state index is -5.08. The Kier molecular flexibility index (Phi) is 9.37. The second-order valence-corrected chi connectivity index (χ2v) is 8.92. The summed E-state index contributed by atoms with van der Waals surface area (Å²) in [5.41, 5.74) is 5.27. The standard InChI is InChI=1S/C26H23ClN2O3.C2HF3O2/c1-17-6-2-3-7-20(17)18-12-14-29(15-13-18)24-11-10-19(16-22(24)26(31)32)28-25(30)21-8-4-5-9-23(21)27;3-2(4,5)1(6)7/h2-12,16H,13-15H2,1H3,(H,28,30)(H,31,32);(H,6,7). The molecule has 1 aliphatic heterocycles. The molecule has 4 rings (SSSR count). The molecule has 3 aromatic rings. The van der Waals surface area contributed by atoms with Crippen LogP contribution in [0.5, 0.6) is 0 Å². The van der Waals surface area contributed by atoms with Crippen LogP contribution in [0.1, 0.15) is 38.3 Å². The highest BCUT2D eigenvalue weighted by atomic mass is 35.5. The van der Waals surface area contributed by atoms with Gasteiger partial charge >= 0.3 is 18.1 Å². The van der Waals surface area contributed by atoms with Crippen molar-refractivity contribution in [3.8, 4) is 0 Å². The Hall–Kier alpha value is -4.31. The molecule has 39 heavy (non-hydrogen) atoms. The smallest absolute Gasteiger partial charge is 0.478 e. The van der Waals surface area contributed by atoms with E-state index < -0.39 is 18.1 Å². The molecule has 0 radical (unpaired) electrons. The number of aliphatic carboxylic acids is 1. The van der Waals surface area contributed by atoms with Gasteiger partial charge in [0, 0.05) is 18.8 Å². The van der Waals surface area contributed by atoms with Crippen LogP contribution < -0.4 is 10.2 Å². The summed E-state index contributed by atoms with van der Waals surface area (Å²) < 4.78 is 31.7. The molecule has 0 saturated carbocycles. The van der Waals surface area contributed by atoms with Crippen LogP contribution in [0, 0.1) is 6.92 Å². The number of amides is 1. The van der Waals surface area contributed by atoms with Gasteiger partial charge in [0.2, 0.25) is 0 Å². The summed E-state index contributed by atoms with van der Waals surface area (Å²) in [5, 5.41) is 20.0. The molecular weight excluding hydrogens is 537 g/mol. The Bertz CT molecular complexity index is 1420. The van der Waals surface area contributed by atoms with Gasteiger partial charge in [-0.25, -0.2) is 9.59 Å². The Morgan fingerprint density at radius 1 is 0.949 bits per heavy atom. The zero-order chi connectivity index (χ0) is 28.7. The van der Waals surface area contributed by atoms with Crippen LogP contribution in [0.3, 0.4) is 0 Å². The molecular formula is C28H24ClF3N2O5. The van der Waals surface area contributed by atoms with Crippen LogP contribution in [-0.4, -0.2) is 47.3 Å². The monoisotopic (exact) mass is 560 g/mol. The van der Waals surface area contributed by atoms with Crippen LogP contribution in [0.2, 0.25) is 5.02 Å². The highest BCUT2D eigenvalue weighted by Crippen LogP contribution is 2.31. The molecule has 1 heterocycles. The van der Waals surface area contributed by atoms with Gasteiger partial charge in [0.05, 0.1) is 21.8 Å². The Morgan fingerprint density at radius 3 is 2.15 bits per heavy atom. The fourth-order valence-corrected chi connectivity index (χ4v) is 4.19. The average molecular weight is 561 g/mol. The number of benzene rings is 3. The summed E-state index contributed by atoms with van der Waals surface area (Å²) in [7, 11) is 0. The molecule has 0 fully saturated rings. The highest BCUT2D eigenvalue weighted by Gasteiger charge is 2.38. The molecule has 204 valence electrons. The van der Waals surface area contributed by atoms with Gasteiger partial charge in [0.25, 0.3) is 5.91 Å². The lowest BCUT2D eigenvalue weighted by molar-refractivity contribution is -0.192. The number of nitrogens with one attached hydrogen (secondary N) is 1. The first-order valence-corrected chi connectivity index (χ1v) is 12.0. The van der Waals surface area contributed by atoms with Gasteiger partial charge < -0.3 is 20.4 Å². The topological polar surface area (TPSA) is 107 Å². The Balaban J connectivity index is 0.000000532. The molecule has 0 saturated heterocycles. The van der Waals surface area contributed by atoms with Crippen molar-refractivity contribution in [2.45, 2.75) is 19.5 Å². The third kappa shape index (κ3) is 7.61. The highest BCUT2D eigenvalue weighted by molar-refractivity contribution is 6.34. The van der Waals surface area contributed by atoms with Crippen molar-refractivity contribution in [2.75, 3.05) is 23.3 Å². The number of aryl methyl sites for hydroxylation is 1. The van der Waals surface area contributed by atoms with Crippen molar-refractivity contribution in [2.24, 2.45) is 0 Å². The van der Waals surface area contributed by atoms with E-state index in [0.717, 1.165) is 6.42 Å². The lowest BCUT2D eigenvalue weighted by Crippen LogP contribution is -2.30. The zero-order valence-electron chi connectivity index (χ0n) is 20.6. The van der Waals surface area contributed by atoms with Gasteiger partial charge in [0.15, 0.2) is 0 Å². The second kappa shape index (κ2) is 12.5. The molecule has 3 aromatic carbocycles. The number of hydrogen-bond donors (Lipinski definition) is 3. The summed E-state index contributed by atoms with van der Waals surface area (Å²) in [5.74, 6) is -4.18. The van der Waals surface area contributed by atoms with Crippen LogP contribution >= 0.6 is 11.6 Å². The number of halogens is 4. The molecule has 0 spiro atoms. The number of carboxylic acid groups (broad SMARTS) is 2. The van der Waals surface area contributed by atoms with Crippen molar-refractivity contribution in [3.05, 3.63) is 100 Å². The number of hydrogen-bond acceptors (Lipinski definition) is 4. The Morgan fingerprint density at radius 2 is 1.59 bits per heavy atom. The predicted molar refractivity (Wildman–Crippen MR) is 142 cm³/mol. The number of carbonyl (C=O) groups is 3. The summed E-state index contributed by atoms with van der Waals surface area (Å²) in [6, 6.07) is 20.0. The number of aromatic carboxylic acids is 1. The van der Waals surface area contributed by atoms with Crippen molar-refractivity contribution < 1.29 is 37.8 Å². The maximum absolute atomic E-state index is 12.5. The molecule has 3 N–H and O–H groups in total. The fourth-order valence-electron chi connectivity index (χ4n) is 3.97. The van der Waals surface area contributed by atoms with Crippen LogP contribution in [0.15, 0.2) is 72.8 Å². The average Bonchev–Trinajstić information content (AvgIpc) is 2.89. The second-order valence-electron chi connectivity index (χ2n) is 8.51. The van der Waals surface area contributed by atoms with Crippen molar-refractivity contribution >= 4 is 46.4 Å². The third-order valence-electron chi connectivity index (χ3n) is 5.89. The minimum absolute atomic E-state index is 0.148. The summed E-state index contributed by atoms with van der Waals surface area (Å²) in [6.45, 7) is 3.43. The lowest BCUT2D eigenvalue weighted by atomic mass is 9.95.